The summed E-state index contributed by atoms with van der Waals surface area (Å²) >= 11 is 0. The summed E-state index contributed by atoms with van der Waals surface area (Å²) in [5, 5.41) is 0. The number of benzene rings is 2. The first-order valence-electron chi connectivity index (χ1n) is 7.32. The second kappa shape index (κ2) is 6.88. The van der Waals surface area contributed by atoms with Crippen LogP contribution in [0, 0.1) is 0 Å². The lowest BCUT2D eigenvalue weighted by atomic mass is 10.1. The van der Waals surface area contributed by atoms with Crippen molar-refractivity contribution in [3.8, 4) is 11.5 Å². The molecule has 2 aromatic carbocycles. The Kier molecular flexibility index (Phi) is 4.65. The van der Waals surface area contributed by atoms with E-state index in [2.05, 4.69) is 0 Å². The molecular weight excluding hydrogens is 337 g/mol. The lowest BCUT2D eigenvalue weighted by Gasteiger charge is -2.06. The van der Waals surface area contributed by atoms with Gasteiger partial charge in [-0.15, -0.1) is 0 Å². The van der Waals surface area contributed by atoms with Gasteiger partial charge in [0.2, 0.25) is 6.79 Å². The van der Waals surface area contributed by atoms with Crippen molar-refractivity contribution in [2.75, 3.05) is 6.79 Å². The Balaban J connectivity index is 1.58. The van der Waals surface area contributed by atoms with Crippen molar-refractivity contribution in [2.24, 2.45) is 0 Å². The zero-order valence-electron chi connectivity index (χ0n) is 12.9. The normalized spacial score (nSPS) is 13.2. The highest BCUT2D eigenvalue weighted by molar-refractivity contribution is 5.87. The molecule has 0 bridgehead atoms. The number of carbonyl (C=O) groups excluding carboxylic acids is 1. The highest BCUT2D eigenvalue weighted by atomic mass is 19.4. The molecule has 0 radical (unpaired) electrons. The quantitative estimate of drug-likeness (QED) is 0.613. The van der Waals surface area contributed by atoms with E-state index in [1.165, 1.54) is 18.2 Å². The third-order valence-electron chi connectivity index (χ3n) is 3.44. The zero-order valence-corrected chi connectivity index (χ0v) is 12.9. The van der Waals surface area contributed by atoms with E-state index >= 15 is 0 Å². The molecule has 0 aliphatic carbocycles. The molecule has 2 aromatic rings. The largest absolute Gasteiger partial charge is 0.458 e. The monoisotopic (exact) mass is 350 g/mol. The minimum absolute atomic E-state index is 0.0163. The molecule has 0 saturated carbocycles. The van der Waals surface area contributed by atoms with Gasteiger partial charge in [-0.05, 0) is 41.5 Å². The van der Waals surface area contributed by atoms with Crippen molar-refractivity contribution in [3.05, 3.63) is 65.2 Å². The maximum Gasteiger partial charge on any atom is 0.416 e. The van der Waals surface area contributed by atoms with Crippen LogP contribution in [0.1, 0.15) is 16.7 Å². The van der Waals surface area contributed by atoms with Crippen molar-refractivity contribution < 1.29 is 32.2 Å². The molecule has 0 aromatic heterocycles. The molecule has 7 heteroatoms. The SMILES string of the molecule is O=C(C=Cc1cccc(C(F)(F)F)c1)OCc1ccc2c(c1)OCO2. The number of esters is 1. The summed E-state index contributed by atoms with van der Waals surface area (Å²) in [6.45, 7) is 0.167. The fraction of sp³-hybridized carbons (Fsp3) is 0.167. The fourth-order valence-corrected chi connectivity index (χ4v) is 2.22. The van der Waals surface area contributed by atoms with Crippen LogP contribution in [0.3, 0.4) is 0 Å². The van der Waals surface area contributed by atoms with Gasteiger partial charge in [-0.1, -0.05) is 18.2 Å². The standard InChI is InChI=1S/C18H13F3O4/c19-18(20,21)14-3-1-2-12(8-14)5-7-17(22)23-10-13-4-6-15-16(9-13)25-11-24-15/h1-9H,10-11H2. The Morgan fingerprint density at radius 3 is 2.72 bits per heavy atom. The van der Waals surface area contributed by atoms with Gasteiger partial charge in [0.05, 0.1) is 5.56 Å². The minimum atomic E-state index is -4.43. The maximum atomic E-state index is 12.6. The third-order valence-corrected chi connectivity index (χ3v) is 3.44. The number of halogens is 3. The van der Waals surface area contributed by atoms with Gasteiger partial charge in [-0.25, -0.2) is 4.79 Å². The number of hydrogen-bond acceptors (Lipinski definition) is 4. The predicted octanol–water partition coefficient (Wildman–Crippen LogP) is 4.19. The molecule has 1 aliphatic heterocycles. The number of hydrogen-bond donors (Lipinski definition) is 0. The lowest BCUT2D eigenvalue weighted by Crippen LogP contribution is -2.04. The summed E-state index contributed by atoms with van der Waals surface area (Å²) in [7, 11) is 0. The number of ether oxygens (including phenoxy) is 3. The van der Waals surface area contributed by atoms with Crippen LogP contribution in [0.4, 0.5) is 13.2 Å². The van der Waals surface area contributed by atoms with E-state index < -0.39 is 17.7 Å². The second-order valence-electron chi connectivity index (χ2n) is 5.25. The molecule has 130 valence electrons. The topological polar surface area (TPSA) is 44.8 Å². The molecule has 0 atom stereocenters. The van der Waals surface area contributed by atoms with Crippen LogP contribution in [0.2, 0.25) is 0 Å². The van der Waals surface area contributed by atoms with Crippen LogP contribution < -0.4 is 9.47 Å². The summed E-state index contributed by atoms with van der Waals surface area (Å²) in [4.78, 5) is 11.7. The van der Waals surface area contributed by atoms with Crippen LogP contribution >= 0.6 is 0 Å². The van der Waals surface area contributed by atoms with Crippen LogP contribution in [0.15, 0.2) is 48.5 Å². The third kappa shape index (κ3) is 4.32. The van der Waals surface area contributed by atoms with Gasteiger partial charge in [-0.2, -0.15) is 13.2 Å². The molecule has 4 nitrogen and oxygen atoms in total. The highest BCUT2D eigenvalue weighted by Gasteiger charge is 2.30. The molecule has 1 heterocycles. The smallest absolute Gasteiger partial charge is 0.416 e. The summed E-state index contributed by atoms with van der Waals surface area (Å²) in [6.07, 6.45) is -2.07. The van der Waals surface area contributed by atoms with Crippen molar-refractivity contribution in [1.29, 1.82) is 0 Å². The van der Waals surface area contributed by atoms with E-state index in [0.717, 1.165) is 18.2 Å². The lowest BCUT2D eigenvalue weighted by molar-refractivity contribution is -0.139. The Morgan fingerprint density at radius 1 is 1.12 bits per heavy atom. The molecule has 0 N–H and O–H groups in total. The average molecular weight is 350 g/mol. The first-order valence-corrected chi connectivity index (χ1v) is 7.32. The van der Waals surface area contributed by atoms with Crippen LogP contribution in [-0.2, 0) is 22.3 Å². The van der Waals surface area contributed by atoms with Crippen molar-refractivity contribution in [1.82, 2.24) is 0 Å². The fourth-order valence-electron chi connectivity index (χ4n) is 2.22. The molecule has 3 rings (SSSR count). The number of carbonyl (C=O) groups is 1. The van der Waals surface area contributed by atoms with E-state index in [-0.39, 0.29) is 19.0 Å². The summed E-state index contributed by atoms with van der Waals surface area (Å²) < 4.78 is 53.4. The van der Waals surface area contributed by atoms with Crippen molar-refractivity contribution in [2.45, 2.75) is 12.8 Å². The van der Waals surface area contributed by atoms with Gasteiger partial charge in [0.1, 0.15) is 6.61 Å². The first kappa shape index (κ1) is 16.9. The van der Waals surface area contributed by atoms with Crippen LogP contribution in [-0.4, -0.2) is 12.8 Å². The van der Waals surface area contributed by atoms with E-state index in [1.54, 1.807) is 18.2 Å². The average Bonchev–Trinajstić information content (AvgIpc) is 3.05. The highest BCUT2D eigenvalue weighted by Crippen LogP contribution is 2.32. The van der Waals surface area contributed by atoms with Gasteiger partial charge in [-0.3, -0.25) is 0 Å². The van der Waals surface area contributed by atoms with Gasteiger partial charge in [0, 0.05) is 6.08 Å². The van der Waals surface area contributed by atoms with Crippen molar-refractivity contribution >= 4 is 12.0 Å². The zero-order chi connectivity index (χ0) is 17.9. The molecule has 0 fully saturated rings. The molecule has 0 saturated heterocycles. The van der Waals surface area contributed by atoms with E-state index in [0.29, 0.717) is 17.1 Å². The summed E-state index contributed by atoms with van der Waals surface area (Å²) in [6, 6.07) is 9.82. The molecule has 25 heavy (non-hydrogen) atoms. The Morgan fingerprint density at radius 2 is 1.92 bits per heavy atom. The molecular formula is C18H13F3O4. The van der Waals surface area contributed by atoms with Crippen LogP contribution in [0.5, 0.6) is 11.5 Å². The van der Waals surface area contributed by atoms with E-state index in [9.17, 15) is 18.0 Å². The van der Waals surface area contributed by atoms with Crippen LogP contribution in [0.25, 0.3) is 6.08 Å². The number of alkyl halides is 3. The van der Waals surface area contributed by atoms with Gasteiger partial charge >= 0.3 is 12.1 Å². The maximum absolute atomic E-state index is 12.6. The molecule has 1 aliphatic rings. The van der Waals surface area contributed by atoms with E-state index in [4.69, 9.17) is 14.2 Å². The van der Waals surface area contributed by atoms with Crippen molar-refractivity contribution in [3.63, 3.8) is 0 Å². The first-order chi connectivity index (χ1) is 11.9. The molecule has 0 spiro atoms. The van der Waals surface area contributed by atoms with Gasteiger partial charge in [0.25, 0.3) is 0 Å². The molecule has 0 amide bonds. The van der Waals surface area contributed by atoms with Gasteiger partial charge in [0.15, 0.2) is 11.5 Å². The Bertz CT molecular complexity index is 812. The molecule has 0 unspecified atom stereocenters. The van der Waals surface area contributed by atoms with E-state index in [1.807, 2.05) is 0 Å². The summed E-state index contributed by atoms with van der Waals surface area (Å²) in [5.74, 6) is 0.544. The number of fused-ring (bicyclic) bond motifs is 1. The Hall–Kier alpha value is -2.96. The Labute approximate surface area is 141 Å². The second-order valence-corrected chi connectivity index (χ2v) is 5.25. The minimum Gasteiger partial charge on any atom is -0.458 e. The predicted molar refractivity (Wildman–Crippen MR) is 82.8 cm³/mol. The summed E-state index contributed by atoms with van der Waals surface area (Å²) in [5.41, 5.74) is 0.198. The number of rotatable bonds is 4. The van der Waals surface area contributed by atoms with Gasteiger partial charge < -0.3 is 14.2 Å².